The van der Waals surface area contributed by atoms with Gasteiger partial charge in [-0.1, -0.05) is 18.2 Å². The average Bonchev–Trinajstić information content (AvgIpc) is 2.17. The van der Waals surface area contributed by atoms with Gasteiger partial charge in [0.25, 0.3) is 0 Å². The molecule has 3 nitrogen and oxygen atoms in total. The first-order valence-electron chi connectivity index (χ1n) is 4.15. The van der Waals surface area contributed by atoms with Crippen molar-refractivity contribution in [3.05, 3.63) is 30.3 Å². The fraction of sp³-hybridized carbons (Fsp3) is 0.400. The van der Waals surface area contributed by atoms with E-state index in [1.165, 1.54) is 6.92 Å². The second-order valence-corrected chi connectivity index (χ2v) is 3.26. The normalized spacial score (nSPS) is 15.0. The lowest BCUT2D eigenvalue weighted by Gasteiger charge is -2.20. The maximum Gasteiger partial charge on any atom is 0.119 e. The lowest BCUT2D eigenvalue weighted by Crippen LogP contribution is -2.36. The Bertz CT molecular complexity index is 244. The molecule has 0 radical (unpaired) electrons. The number of ether oxygens (including phenoxy) is 1. The lowest BCUT2D eigenvalue weighted by molar-refractivity contribution is -0.0324. The van der Waals surface area contributed by atoms with E-state index >= 15 is 0 Å². The SMILES string of the molecule is C[C@@](O)(CO)COc1ccccc1. The van der Waals surface area contributed by atoms with Gasteiger partial charge in [0, 0.05) is 0 Å². The highest BCUT2D eigenvalue weighted by Gasteiger charge is 2.19. The van der Waals surface area contributed by atoms with E-state index in [9.17, 15) is 5.11 Å². The van der Waals surface area contributed by atoms with E-state index in [1.54, 1.807) is 12.1 Å². The molecule has 1 aromatic carbocycles. The van der Waals surface area contributed by atoms with Crippen LogP contribution in [0.1, 0.15) is 6.92 Å². The first kappa shape index (κ1) is 10.0. The number of hydrogen-bond donors (Lipinski definition) is 2. The van der Waals surface area contributed by atoms with Crippen molar-refractivity contribution in [1.82, 2.24) is 0 Å². The molecule has 0 aliphatic carbocycles. The zero-order valence-electron chi connectivity index (χ0n) is 7.60. The molecule has 13 heavy (non-hydrogen) atoms. The van der Waals surface area contributed by atoms with Gasteiger partial charge in [0.15, 0.2) is 0 Å². The maximum absolute atomic E-state index is 9.41. The Morgan fingerprint density at radius 2 is 1.92 bits per heavy atom. The van der Waals surface area contributed by atoms with Crippen molar-refractivity contribution in [3.8, 4) is 5.75 Å². The fourth-order valence-corrected chi connectivity index (χ4v) is 0.801. The van der Waals surface area contributed by atoms with Gasteiger partial charge < -0.3 is 14.9 Å². The van der Waals surface area contributed by atoms with E-state index in [2.05, 4.69) is 0 Å². The van der Waals surface area contributed by atoms with Crippen LogP contribution in [0.3, 0.4) is 0 Å². The van der Waals surface area contributed by atoms with E-state index in [0.29, 0.717) is 5.75 Å². The van der Waals surface area contributed by atoms with E-state index < -0.39 is 5.60 Å². The van der Waals surface area contributed by atoms with Gasteiger partial charge in [0.1, 0.15) is 18.0 Å². The number of benzene rings is 1. The summed E-state index contributed by atoms with van der Waals surface area (Å²) in [6.45, 7) is 1.31. The summed E-state index contributed by atoms with van der Waals surface area (Å²) in [5.74, 6) is 0.691. The van der Waals surface area contributed by atoms with Crippen LogP contribution < -0.4 is 4.74 Å². The molecule has 0 saturated carbocycles. The molecular weight excluding hydrogens is 168 g/mol. The molecule has 0 aliphatic heterocycles. The van der Waals surface area contributed by atoms with Crippen LogP contribution in [0.25, 0.3) is 0 Å². The summed E-state index contributed by atoms with van der Waals surface area (Å²) in [6, 6.07) is 9.18. The van der Waals surface area contributed by atoms with Crippen LogP contribution in [0.2, 0.25) is 0 Å². The molecule has 3 heteroatoms. The molecule has 1 rings (SSSR count). The molecule has 0 amide bonds. The highest BCUT2D eigenvalue weighted by Crippen LogP contribution is 2.11. The second kappa shape index (κ2) is 4.25. The summed E-state index contributed by atoms with van der Waals surface area (Å²) in [6.07, 6.45) is 0. The van der Waals surface area contributed by atoms with Crippen LogP contribution in [0.4, 0.5) is 0 Å². The highest BCUT2D eigenvalue weighted by molar-refractivity contribution is 5.21. The van der Waals surface area contributed by atoms with E-state index in [0.717, 1.165) is 0 Å². The topological polar surface area (TPSA) is 49.7 Å². The first-order valence-corrected chi connectivity index (χ1v) is 4.15. The second-order valence-electron chi connectivity index (χ2n) is 3.26. The molecule has 0 saturated heterocycles. The Morgan fingerprint density at radius 1 is 1.31 bits per heavy atom. The highest BCUT2D eigenvalue weighted by atomic mass is 16.5. The number of rotatable bonds is 4. The third kappa shape index (κ3) is 3.44. The lowest BCUT2D eigenvalue weighted by atomic mass is 10.1. The third-order valence-electron chi connectivity index (χ3n) is 1.63. The fourth-order valence-electron chi connectivity index (χ4n) is 0.801. The maximum atomic E-state index is 9.41. The van der Waals surface area contributed by atoms with E-state index in [4.69, 9.17) is 9.84 Å². The molecule has 0 bridgehead atoms. The quantitative estimate of drug-likeness (QED) is 0.724. The summed E-state index contributed by atoms with van der Waals surface area (Å²) in [5.41, 5.74) is -1.17. The minimum Gasteiger partial charge on any atom is -0.491 e. The number of aliphatic hydroxyl groups excluding tert-OH is 1. The van der Waals surface area contributed by atoms with Gasteiger partial charge >= 0.3 is 0 Å². The third-order valence-corrected chi connectivity index (χ3v) is 1.63. The summed E-state index contributed by atoms with van der Waals surface area (Å²) < 4.78 is 5.25. The van der Waals surface area contributed by atoms with Gasteiger partial charge in [0.05, 0.1) is 6.61 Å². The molecule has 1 aromatic rings. The van der Waals surface area contributed by atoms with E-state index in [-0.39, 0.29) is 13.2 Å². The molecule has 0 aliphatic rings. The van der Waals surface area contributed by atoms with E-state index in [1.807, 2.05) is 18.2 Å². The monoisotopic (exact) mass is 182 g/mol. The summed E-state index contributed by atoms with van der Waals surface area (Å²) in [5, 5.41) is 18.2. The van der Waals surface area contributed by atoms with Crippen molar-refractivity contribution < 1.29 is 14.9 Å². The van der Waals surface area contributed by atoms with Crippen molar-refractivity contribution in [1.29, 1.82) is 0 Å². The van der Waals surface area contributed by atoms with Crippen LogP contribution in [0, 0.1) is 0 Å². The Morgan fingerprint density at radius 3 is 2.46 bits per heavy atom. The van der Waals surface area contributed by atoms with Gasteiger partial charge in [0.2, 0.25) is 0 Å². The van der Waals surface area contributed by atoms with Gasteiger partial charge in [-0.3, -0.25) is 0 Å². The molecule has 0 fully saturated rings. The standard InChI is InChI=1S/C10H14O3/c1-10(12,7-11)8-13-9-5-3-2-4-6-9/h2-6,11-12H,7-8H2,1H3/t10-/m1/s1. The molecule has 0 unspecified atom stereocenters. The summed E-state index contributed by atoms with van der Waals surface area (Å²) in [7, 11) is 0. The zero-order chi connectivity index (χ0) is 9.73. The molecular formula is C10H14O3. The summed E-state index contributed by atoms with van der Waals surface area (Å²) >= 11 is 0. The minimum absolute atomic E-state index is 0.0908. The zero-order valence-corrected chi connectivity index (χ0v) is 7.60. The van der Waals surface area contributed by atoms with Crippen molar-refractivity contribution >= 4 is 0 Å². The van der Waals surface area contributed by atoms with Crippen LogP contribution >= 0.6 is 0 Å². The van der Waals surface area contributed by atoms with Gasteiger partial charge in [-0.25, -0.2) is 0 Å². The van der Waals surface area contributed by atoms with Gasteiger partial charge in [-0.2, -0.15) is 0 Å². The van der Waals surface area contributed by atoms with Crippen LogP contribution in [0.15, 0.2) is 30.3 Å². The van der Waals surface area contributed by atoms with Gasteiger partial charge in [-0.05, 0) is 19.1 Å². The minimum atomic E-state index is -1.17. The summed E-state index contributed by atoms with van der Waals surface area (Å²) in [4.78, 5) is 0. The molecule has 1 atom stereocenters. The number of para-hydroxylation sites is 1. The predicted molar refractivity (Wildman–Crippen MR) is 49.6 cm³/mol. The Kier molecular flexibility index (Phi) is 3.28. The van der Waals surface area contributed by atoms with Crippen LogP contribution in [-0.2, 0) is 0 Å². The van der Waals surface area contributed by atoms with Crippen LogP contribution in [-0.4, -0.2) is 29.0 Å². The predicted octanol–water partition coefficient (Wildman–Crippen LogP) is 0.809. The van der Waals surface area contributed by atoms with Crippen LogP contribution in [0.5, 0.6) is 5.75 Å². The Balaban J connectivity index is 2.44. The Hall–Kier alpha value is -1.06. The molecule has 0 spiro atoms. The van der Waals surface area contributed by atoms with Gasteiger partial charge in [-0.15, -0.1) is 0 Å². The van der Waals surface area contributed by atoms with Crippen molar-refractivity contribution in [2.24, 2.45) is 0 Å². The molecule has 72 valence electrons. The number of aliphatic hydroxyl groups is 2. The average molecular weight is 182 g/mol. The Labute approximate surface area is 77.6 Å². The van der Waals surface area contributed by atoms with Crippen molar-refractivity contribution in [2.75, 3.05) is 13.2 Å². The molecule has 0 aromatic heterocycles. The first-order chi connectivity index (χ1) is 6.14. The van der Waals surface area contributed by atoms with Crippen molar-refractivity contribution in [3.63, 3.8) is 0 Å². The molecule has 2 N–H and O–H groups in total. The molecule has 0 heterocycles. The van der Waals surface area contributed by atoms with Crippen molar-refractivity contribution in [2.45, 2.75) is 12.5 Å². The number of hydrogen-bond acceptors (Lipinski definition) is 3. The largest absolute Gasteiger partial charge is 0.491 e. The smallest absolute Gasteiger partial charge is 0.119 e.